The van der Waals surface area contributed by atoms with Gasteiger partial charge in [0.1, 0.15) is 6.04 Å². The first-order valence-corrected chi connectivity index (χ1v) is 6.44. The van der Waals surface area contributed by atoms with Crippen LogP contribution in [0, 0.1) is 0 Å². The molecule has 18 heavy (non-hydrogen) atoms. The fraction of sp³-hybridized carbons (Fsp3) is 0.455. The first kappa shape index (κ1) is 13.0. The Bertz CT molecular complexity index is 415. The van der Waals surface area contributed by atoms with Crippen LogP contribution in [0.5, 0.6) is 0 Å². The van der Waals surface area contributed by atoms with Gasteiger partial charge in [0.25, 0.3) is 0 Å². The van der Waals surface area contributed by atoms with E-state index in [0.29, 0.717) is 18.0 Å². The van der Waals surface area contributed by atoms with E-state index in [4.69, 9.17) is 9.84 Å². The minimum atomic E-state index is -1.07. The highest BCUT2D eigenvalue weighted by Crippen LogP contribution is 2.19. The van der Waals surface area contributed by atoms with E-state index in [0.717, 1.165) is 0 Å². The summed E-state index contributed by atoms with van der Waals surface area (Å²) in [5.41, 5.74) is 0. The molecule has 98 valence electrons. The van der Waals surface area contributed by atoms with Gasteiger partial charge in [0.2, 0.25) is 5.91 Å². The van der Waals surface area contributed by atoms with Gasteiger partial charge in [-0.3, -0.25) is 4.79 Å². The van der Waals surface area contributed by atoms with E-state index >= 15 is 0 Å². The summed E-state index contributed by atoms with van der Waals surface area (Å²) in [6.45, 7) is 1.43. The third-order valence-corrected chi connectivity index (χ3v) is 3.54. The number of nitrogens with one attached hydrogen (secondary N) is 2. The number of hydrogen-bond acceptors (Lipinski definition) is 5. The molecule has 3 N–H and O–H groups in total. The first-order chi connectivity index (χ1) is 8.68. The molecule has 6 nitrogen and oxygen atoms in total. The van der Waals surface area contributed by atoms with Crippen LogP contribution in [0.1, 0.15) is 10.9 Å². The van der Waals surface area contributed by atoms with Gasteiger partial charge in [-0.05, 0) is 11.4 Å². The molecule has 0 radical (unpaired) electrons. The predicted molar refractivity (Wildman–Crippen MR) is 65.4 cm³/mol. The summed E-state index contributed by atoms with van der Waals surface area (Å²) < 4.78 is 5.17. The number of morpholine rings is 1. The topological polar surface area (TPSA) is 87.7 Å². The first-order valence-electron chi connectivity index (χ1n) is 5.56. The van der Waals surface area contributed by atoms with Crippen molar-refractivity contribution < 1.29 is 19.4 Å². The number of carbonyl (C=O) groups is 2. The summed E-state index contributed by atoms with van der Waals surface area (Å²) in [6.07, 6.45) is 0. The summed E-state index contributed by atoms with van der Waals surface area (Å²) in [4.78, 5) is 23.7. The quantitative estimate of drug-likeness (QED) is 0.715. The lowest BCUT2D eigenvalue weighted by Gasteiger charge is -2.24. The molecule has 1 fully saturated rings. The SMILES string of the molecule is O=C(NC(C(=O)O)c1cccs1)C1COCCN1. The van der Waals surface area contributed by atoms with Gasteiger partial charge >= 0.3 is 5.97 Å². The van der Waals surface area contributed by atoms with Gasteiger partial charge in [-0.25, -0.2) is 4.79 Å². The van der Waals surface area contributed by atoms with Crippen LogP contribution in [0.3, 0.4) is 0 Å². The maximum absolute atomic E-state index is 11.9. The molecule has 1 aliphatic rings. The Labute approximate surface area is 108 Å². The van der Waals surface area contributed by atoms with Crippen LogP contribution in [0.2, 0.25) is 0 Å². The van der Waals surface area contributed by atoms with Crippen LogP contribution >= 0.6 is 11.3 Å². The van der Waals surface area contributed by atoms with E-state index in [9.17, 15) is 9.59 Å². The third kappa shape index (κ3) is 3.06. The molecular weight excluding hydrogens is 256 g/mol. The Hall–Kier alpha value is -1.44. The van der Waals surface area contributed by atoms with Crippen molar-refractivity contribution in [2.24, 2.45) is 0 Å². The number of carbonyl (C=O) groups excluding carboxylic acids is 1. The molecule has 2 atom stereocenters. The van der Waals surface area contributed by atoms with Crippen LogP contribution in [-0.4, -0.2) is 42.8 Å². The molecule has 2 heterocycles. The lowest BCUT2D eigenvalue weighted by atomic mass is 10.2. The number of carboxylic acids is 1. The molecule has 0 saturated carbocycles. The number of aliphatic carboxylic acids is 1. The Morgan fingerprint density at radius 3 is 3.00 bits per heavy atom. The Balaban J connectivity index is 2.00. The van der Waals surface area contributed by atoms with Gasteiger partial charge in [0, 0.05) is 11.4 Å². The van der Waals surface area contributed by atoms with Crippen molar-refractivity contribution >= 4 is 23.2 Å². The molecule has 0 aliphatic carbocycles. The third-order valence-electron chi connectivity index (χ3n) is 2.60. The molecule has 7 heteroatoms. The predicted octanol–water partition coefficient (Wildman–Crippen LogP) is -0.0216. The maximum Gasteiger partial charge on any atom is 0.331 e. The van der Waals surface area contributed by atoms with Crippen molar-refractivity contribution in [3.8, 4) is 0 Å². The van der Waals surface area contributed by atoms with E-state index in [2.05, 4.69) is 10.6 Å². The van der Waals surface area contributed by atoms with Gasteiger partial charge in [0.15, 0.2) is 6.04 Å². The normalized spacial score (nSPS) is 21.2. The molecule has 1 aliphatic heterocycles. The lowest BCUT2D eigenvalue weighted by Crippen LogP contribution is -2.52. The number of hydrogen-bond donors (Lipinski definition) is 3. The van der Waals surface area contributed by atoms with Crippen LogP contribution in [0.4, 0.5) is 0 Å². The molecule has 1 aromatic heterocycles. The van der Waals surface area contributed by atoms with E-state index in [1.807, 2.05) is 0 Å². The summed E-state index contributed by atoms with van der Waals surface area (Å²) in [5, 5.41) is 16.4. The van der Waals surface area contributed by atoms with E-state index in [1.54, 1.807) is 17.5 Å². The van der Waals surface area contributed by atoms with Crippen LogP contribution in [0.25, 0.3) is 0 Å². The summed E-state index contributed by atoms with van der Waals surface area (Å²) >= 11 is 1.30. The summed E-state index contributed by atoms with van der Waals surface area (Å²) in [6, 6.07) is 1.96. The minimum absolute atomic E-state index is 0.266. The maximum atomic E-state index is 11.9. The molecule has 2 unspecified atom stereocenters. The van der Waals surface area contributed by atoms with Crippen molar-refractivity contribution in [1.29, 1.82) is 0 Å². The van der Waals surface area contributed by atoms with Crippen molar-refractivity contribution in [2.45, 2.75) is 12.1 Å². The smallest absolute Gasteiger partial charge is 0.331 e. The molecule has 0 bridgehead atoms. The molecule has 1 amide bonds. The van der Waals surface area contributed by atoms with Crippen molar-refractivity contribution in [3.63, 3.8) is 0 Å². The van der Waals surface area contributed by atoms with Crippen LogP contribution < -0.4 is 10.6 Å². The van der Waals surface area contributed by atoms with Crippen molar-refractivity contribution in [1.82, 2.24) is 10.6 Å². The molecule has 0 aromatic carbocycles. The largest absolute Gasteiger partial charge is 0.479 e. The van der Waals surface area contributed by atoms with Crippen LogP contribution in [-0.2, 0) is 14.3 Å². The Morgan fingerprint density at radius 2 is 2.44 bits per heavy atom. The molecule has 1 aromatic rings. The number of rotatable bonds is 4. The number of ether oxygens (including phenoxy) is 1. The van der Waals surface area contributed by atoms with Crippen molar-refractivity contribution in [3.05, 3.63) is 22.4 Å². The fourth-order valence-electron chi connectivity index (χ4n) is 1.69. The Kier molecular flexibility index (Phi) is 4.29. The fourth-order valence-corrected chi connectivity index (χ4v) is 2.45. The van der Waals surface area contributed by atoms with Gasteiger partial charge in [0.05, 0.1) is 13.2 Å². The number of carboxylic acid groups (broad SMARTS) is 1. The zero-order valence-electron chi connectivity index (χ0n) is 9.59. The zero-order chi connectivity index (χ0) is 13.0. The monoisotopic (exact) mass is 270 g/mol. The van der Waals surface area contributed by atoms with Crippen molar-refractivity contribution in [2.75, 3.05) is 19.8 Å². The number of thiophene rings is 1. The number of amides is 1. The molecule has 2 rings (SSSR count). The molecule has 0 spiro atoms. The van der Waals surface area contributed by atoms with Gasteiger partial charge in [-0.2, -0.15) is 0 Å². The van der Waals surface area contributed by atoms with E-state index in [1.165, 1.54) is 11.3 Å². The standard InChI is InChI=1S/C11H14N2O4S/c14-10(7-6-17-4-3-12-7)13-9(11(15)16)8-2-1-5-18-8/h1-2,5,7,9,12H,3-4,6H2,(H,13,14)(H,15,16). The van der Waals surface area contributed by atoms with E-state index in [-0.39, 0.29) is 12.5 Å². The highest BCUT2D eigenvalue weighted by molar-refractivity contribution is 7.10. The van der Waals surface area contributed by atoms with Gasteiger partial charge in [-0.1, -0.05) is 6.07 Å². The molecular formula is C11H14N2O4S. The average molecular weight is 270 g/mol. The van der Waals surface area contributed by atoms with Gasteiger partial charge < -0.3 is 20.5 Å². The zero-order valence-corrected chi connectivity index (χ0v) is 10.4. The Morgan fingerprint density at radius 1 is 1.61 bits per heavy atom. The second kappa shape index (κ2) is 5.94. The minimum Gasteiger partial charge on any atom is -0.479 e. The highest BCUT2D eigenvalue weighted by Gasteiger charge is 2.28. The summed E-state index contributed by atoms with van der Waals surface area (Å²) in [5.74, 6) is -1.42. The summed E-state index contributed by atoms with van der Waals surface area (Å²) in [7, 11) is 0. The second-order valence-corrected chi connectivity index (χ2v) is 4.86. The highest BCUT2D eigenvalue weighted by atomic mass is 32.1. The second-order valence-electron chi connectivity index (χ2n) is 3.88. The average Bonchev–Trinajstić information content (AvgIpc) is 2.90. The van der Waals surface area contributed by atoms with Crippen LogP contribution in [0.15, 0.2) is 17.5 Å². The molecule has 1 saturated heterocycles. The van der Waals surface area contributed by atoms with Gasteiger partial charge in [-0.15, -0.1) is 11.3 Å². The van der Waals surface area contributed by atoms with E-state index < -0.39 is 18.1 Å². The lowest BCUT2D eigenvalue weighted by molar-refractivity contribution is -0.142.